The van der Waals surface area contributed by atoms with Crippen LogP contribution in [0.15, 0.2) is 18.2 Å². The van der Waals surface area contributed by atoms with Crippen LogP contribution in [0.1, 0.15) is 31.2 Å². The van der Waals surface area contributed by atoms with Crippen molar-refractivity contribution in [2.45, 2.75) is 38.3 Å². The summed E-state index contributed by atoms with van der Waals surface area (Å²) in [5, 5.41) is 19.0. The van der Waals surface area contributed by atoms with Gasteiger partial charge in [0.15, 0.2) is 0 Å². The molecule has 1 aliphatic carbocycles. The standard InChI is InChI=1S/C14H22N2O2/c15-12-5-6-14(18)11(9-12)10-16(7-8-17)13-3-1-2-4-13/h5-6,9,13,17-18H,1-4,7-8,10,15H2. The maximum atomic E-state index is 9.85. The van der Waals surface area contributed by atoms with E-state index >= 15 is 0 Å². The highest BCUT2D eigenvalue weighted by Crippen LogP contribution is 2.27. The predicted molar refractivity (Wildman–Crippen MR) is 72.3 cm³/mol. The highest BCUT2D eigenvalue weighted by atomic mass is 16.3. The van der Waals surface area contributed by atoms with Crippen molar-refractivity contribution in [2.24, 2.45) is 0 Å². The minimum Gasteiger partial charge on any atom is -0.508 e. The SMILES string of the molecule is Nc1ccc(O)c(CN(CCO)C2CCCC2)c1. The molecule has 18 heavy (non-hydrogen) atoms. The van der Waals surface area contributed by atoms with E-state index in [0.29, 0.717) is 24.8 Å². The van der Waals surface area contributed by atoms with E-state index in [-0.39, 0.29) is 12.4 Å². The third-order valence-electron chi connectivity index (χ3n) is 3.71. The molecule has 0 bridgehead atoms. The largest absolute Gasteiger partial charge is 0.508 e. The number of nitrogen functional groups attached to an aromatic ring is 1. The maximum absolute atomic E-state index is 9.85. The van der Waals surface area contributed by atoms with E-state index in [4.69, 9.17) is 5.73 Å². The number of nitrogens with zero attached hydrogens (tertiary/aromatic N) is 1. The molecule has 1 aromatic rings. The normalized spacial score (nSPS) is 16.6. The van der Waals surface area contributed by atoms with Crippen molar-refractivity contribution in [3.05, 3.63) is 23.8 Å². The summed E-state index contributed by atoms with van der Waals surface area (Å²) in [4.78, 5) is 2.25. The molecule has 0 spiro atoms. The lowest BCUT2D eigenvalue weighted by Gasteiger charge is -2.28. The highest BCUT2D eigenvalue weighted by Gasteiger charge is 2.22. The van der Waals surface area contributed by atoms with Crippen LogP contribution in [0.25, 0.3) is 0 Å². The number of rotatable bonds is 5. The van der Waals surface area contributed by atoms with Crippen LogP contribution in [-0.2, 0) is 6.54 Å². The van der Waals surface area contributed by atoms with Crippen LogP contribution >= 0.6 is 0 Å². The summed E-state index contributed by atoms with van der Waals surface area (Å²) < 4.78 is 0. The van der Waals surface area contributed by atoms with Gasteiger partial charge in [-0.05, 0) is 31.0 Å². The lowest BCUT2D eigenvalue weighted by Crippen LogP contribution is -2.35. The van der Waals surface area contributed by atoms with Crippen LogP contribution in [0.4, 0.5) is 5.69 Å². The summed E-state index contributed by atoms with van der Waals surface area (Å²) in [6.07, 6.45) is 4.89. The Morgan fingerprint density at radius 2 is 2.00 bits per heavy atom. The summed E-state index contributed by atoms with van der Waals surface area (Å²) in [6.45, 7) is 1.46. The Hall–Kier alpha value is -1.26. The Balaban J connectivity index is 2.09. The minimum atomic E-state index is 0.152. The lowest BCUT2D eigenvalue weighted by atomic mass is 10.1. The quantitative estimate of drug-likeness (QED) is 0.549. The van der Waals surface area contributed by atoms with Gasteiger partial charge >= 0.3 is 0 Å². The zero-order valence-electron chi connectivity index (χ0n) is 10.7. The van der Waals surface area contributed by atoms with Crippen molar-refractivity contribution < 1.29 is 10.2 Å². The van der Waals surface area contributed by atoms with E-state index in [1.165, 1.54) is 25.7 Å². The van der Waals surface area contributed by atoms with Gasteiger partial charge in [0.1, 0.15) is 5.75 Å². The second-order valence-electron chi connectivity index (χ2n) is 5.02. The number of aliphatic hydroxyl groups is 1. The molecule has 100 valence electrons. The van der Waals surface area contributed by atoms with Crippen molar-refractivity contribution in [2.75, 3.05) is 18.9 Å². The van der Waals surface area contributed by atoms with E-state index in [2.05, 4.69) is 4.90 Å². The van der Waals surface area contributed by atoms with Gasteiger partial charge in [-0.3, -0.25) is 4.90 Å². The molecule has 0 atom stereocenters. The monoisotopic (exact) mass is 250 g/mol. The van der Waals surface area contributed by atoms with Gasteiger partial charge in [-0.15, -0.1) is 0 Å². The lowest BCUT2D eigenvalue weighted by molar-refractivity contribution is 0.143. The zero-order chi connectivity index (χ0) is 13.0. The van der Waals surface area contributed by atoms with Gasteiger partial charge in [0.25, 0.3) is 0 Å². The summed E-state index contributed by atoms with van der Waals surface area (Å²) in [7, 11) is 0. The van der Waals surface area contributed by atoms with Crippen LogP contribution in [-0.4, -0.2) is 34.3 Å². The average Bonchev–Trinajstić information content (AvgIpc) is 2.87. The number of nitrogens with two attached hydrogens (primary N) is 1. The molecule has 0 unspecified atom stereocenters. The van der Waals surface area contributed by atoms with Crippen LogP contribution in [0.5, 0.6) is 5.75 Å². The van der Waals surface area contributed by atoms with Crippen LogP contribution in [0.2, 0.25) is 0 Å². The summed E-state index contributed by atoms with van der Waals surface area (Å²) >= 11 is 0. The molecule has 0 aliphatic heterocycles. The molecule has 1 fully saturated rings. The third kappa shape index (κ3) is 3.15. The molecule has 0 heterocycles. The van der Waals surface area contributed by atoms with Crippen LogP contribution < -0.4 is 5.73 Å². The van der Waals surface area contributed by atoms with E-state index in [1.54, 1.807) is 12.1 Å². The van der Waals surface area contributed by atoms with E-state index < -0.39 is 0 Å². The Labute approximate surface area is 108 Å². The van der Waals surface area contributed by atoms with Crippen LogP contribution in [0, 0.1) is 0 Å². The van der Waals surface area contributed by atoms with Gasteiger partial charge in [0.05, 0.1) is 6.61 Å². The van der Waals surface area contributed by atoms with Crippen molar-refractivity contribution in [1.82, 2.24) is 4.90 Å². The van der Waals surface area contributed by atoms with Crippen molar-refractivity contribution in [3.63, 3.8) is 0 Å². The average molecular weight is 250 g/mol. The Bertz CT molecular complexity index is 389. The van der Waals surface area contributed by atoms with E-state index in [0.717, 1.165) is 5.56 Å². The summed E-state index contributed by atoms with van der Waals surface area (Å²) in [5.41, 5.74) is 7.26. The van der Waals surface area contributed by atoms with Gasteiger partial charge < -0.3 is 15.9 Å². The summed E-state index contributed by atoms with van der Waals surface area (Å²) in [5.74, 6) is 0.283. The maximum Gasteiger partial charge on any atom is 0.120 e. The second-order valence-corrected chi connectivity index (χ2v) is 5.02. The molecule has 1 aliphatic rings. The van der Waals surface area contributed by atoms with Crippen molar-refractivity contribution in [1.29, 1.82) is 0 Å². The molecule has 4 N–H and O–H groups in total. The Morgan fingerprint density at radius 1 is 1.28 bits per heavy atom. The molecule has 1 saturated carbocycles. The van der Waals surface area contributed by atoms with Gasteiger partial charge in [0.2, 0.25) is 0 Å². The number of aliphatic hydroxyl groups excluding tert-OH is 1. The molecule has 0 saturated heterocycles. The van der Waals surface area contributed by atoms with Crippen molar-refractivity contribution in [3.8, 4) is 5.75 Å². The highest BCUT2D eigenvalue weighted by molar-refractivity contribution is 5.47. The minimum absolute atomic E-state index is 0.152. The van der Waals surface area contributed by atoms with Gasteiger partial charge in [-0.1, -0.05) is 12.8 Å². The number of anilines is 1. The van der Waals surface area contributed by atoms with Crippen molar-refractivity contribution >= 4 is 5.69 Å². The fraction of sp³-hybridized carbons (Fsp3) is 0.571. The number of benzene rings is 1. The number of hydrogen-bond acceptors (Lipinski definition) is 4. The number of hydrogen-bond donors (Lipinski definition) is 3. The second kappa shape index (κ2) is 6.07. The molecule has 4 heteroatoms. The van der Waals surface area contributed by atoms with E-state index in [1.807, 2.05) is 6.07 Å². The molecule has 2 rings (SSSR count). The Kier molecular flexibility index (Phi) is 4.44. The topological polar surface area (TPSA) is 69.7 Å². The first-order valence-corrected chi connectivity index (χ1v) is 6.63. The fourth-order valence-electron chi connectivity index (χ4n) is 2.74. The molecule has 4 nitrogen and oxygen atoms in total. The van der Waals surface area contributed by atoms with Gasteiger partial charge in [0, 0.05) is 30.4 Å². The first-order chi connectivity index (χ1) is 8.70. The first-order valence-electron chi connectivity index (χ1n) is 6.63. The molecular weight excluding hydrogens is 228 g/mol. The van der Waals surface area contributed by atoms with E-state index in [9.17, 15) is 10.2 Å². The predicted octanol–water partition coefficient (Wildman–Crippen LogP) is 1.71. The molecule has 1 aromatic carbocycles. The summed E-state index contributed by atoms with van der Waals surface area (Å²) in [6, 6.07) is 5.67. The molecule has 0 amide bonds. The van der Waals surface area contributed by atoms with Crippen LogP contribution in [0.3, 0.4) is 0 Å². The zero-order valence-corrected chi connectivity index (χ0v) is 10.7. The number of phenols is 1. The van der Waals surface area contributed by atoms with Gasteiger partial charge in [-0.2, -0.15) is 0 Å². The smallest absolute Gasteiger partial charge is 0.120 e. The number of aromatic hydroxyl groups is 1. The third-order valence-corrected chi connectivity index (χ3v) is 3.71. The fourth-order valence-corrected chi connectivity index (χ4v) is 2.74. The Morgan fingerprint density at radius 3 is 2.67 bits per heavy atom. The first kappa shape index (κ1) is 13.2. The molecular formula is C14H22N2O2. The van der Waals surface area contributed by atoms with Gasteiger partial charge in [-0.25, -0.2) is 0 Å². The molecule has 0 aromatic heterocycles. The molecule has 0 radical (unpaired) electrons. The number of phenolic OH excluding ortho intramolecular Hbond substituents is 1.